The predicted molar refractivity (Wildman–Crippen MR) is 91.5 cm³/mol. The van der Waals surface area contributed by atoms with Crippen molar-refractivity contribution in [3.8, 4) is 5.75 Å². The Morgan fingerprint density at radius 2 is 2.00 bits per heavy atom. The summed E-state index contributed by atoms with van der Waals surface area (Å²) in [4.78, 5) is 15.0. The molecule has 1 heterocycles. The lowest BCUT2D eigenvalue weighted by Crippen LogP contribution is -2.53. The summed E-state index contributed by atoms with van der Waals surface area (Å²) < 4.78 is 11.0. The van der Waals surface area contributed by atoms with Crippen molar-refractivity contribution < 1.29 is 19.4 Å². The summed E-state index contributed by atoms with van der Waals surface area (Å²) >= 11 is 0. The maximum absolute atomic E-state index is 13.1. The minimum atomic E-state index is -0.327. The molecule has 1 N–H and O–H groups in total. The van der Waals surface area contributed by atoms with Crippen LogP contribution < -0.4 is 4.74 Å². The molecule has 3 rings (SSSR count). The molecule has 132 valence electrons. The number of ether oxygens (including phenoxy) is 2. The first kappa shape index (κ1) is 17.2. The van der Waals surface area contributed by atoms with Crippen LogP contribution in [0.25, 0.3) is 0 Å². The second-order valence-corrected chi connectivity index (χ2v) is 6.95. The summed E-state index contributed by atoms with van der Waals surface area (Å²) in [6, 6.07) is 3.75. The van der Waals surface area contributed by atoms with Gasteiger partial charge in [0.05, 0.1) is 32.5 Å². The van der Waals surface area contributed by atoms with Crippen LogP contribution in [0.1, 0.15) is 40.7 Å². The standard InChI is InChI=1S/C19H27NO4/c1-12-9-14(10-13(2)18(12)23-3)19(22)20-7-8-24-11-16(20)15-5-4-6-17(15)21/h9-10,15-17,21H,4-8,11H2,1-3H3/t15-,16-,17+/m1/s1. The average molecular weight is 333 g/mol. The van der Waals surface area contributed by atoms with Gasteiger partial charge in [0.2, 0.25) is 0 Å². The fraction of sp³-hybridized carbons (Fsp3) is 0.632. The van der Waals surface area contributed by atoms with Crippen molar-refractivity contribution in [1.29, 1.82) is 0 Å². The number of aliphatic hydroxyl groups is 1. The molecule has 0 unspecified atom stereocenters. The minimum absolute atomic E-state index is 0.0243. The van der Waals surface area contributed by atoms with Crippen molar-refractivity contribution in [3.05, 3.63) is 28.8 Å². The molecule has 1 saturated carbocycles. The van der Waals surface area contributed by atoms with Crippen LogP contribution in [0.2, 0.25) is 0 Å². The number of aliphatic hydroxyl groups excluding tert-OH is 1. The SMILES string of the molecule is COc1c(C)cc(C(=O)N2CCOC[C@@H]2[C@H]2CCC[C@@H]2O)cc1C. The van der Waals surface area contributed by atoms with Gasteiger partial charge < -0.3 is 19.5 Å². The third-order valence-electron chi connectivity index (χ3n) is 5.36. The molecular weight excluding hydrogens is 306 g/mol. The molecule has 24 heavy (non-hydrogen) atoms. The van der Waals surface area contributed by atoms with E-state index in [2.05, 4.69) is 0 Å². The van der Waals surface area contributed by atoms with Gasteiger partial charge in [0.15, 0.2) is 0 Å². The Balaban J connectivity index is 1.87. The normalized spacial score (nSPS) is 27.3. The fourth-order valence-corrected chi connectivity index (χ4v) is 4.21. The first-order valence-corrected chi connectivity index (χ1v) is 8.75. The molecule has 0 bridgehead atoms. The van der Waals surface area contributed by atoms with Crippen LogP contribution in [0.4, 0.5) is 0 Å². The second-order valence-electron chi connectivity index (χ2n) is 6.95. The van der Waals surface area contributed by atoms with E-state index in [1.165, 1.54) is 0 Å². The summed E-state index contributed by atoms with van der Waals surface area (Å²) in [6.45, 7) is 5.57. The van der Waals surface area contributed by atoms with Crippen LogP contribution in [0.3, 0.4) is 0 Å². The number of benzene rings is 1. The summed E-state index contributed by atoms with van der Waals surface area (Å²) in [5.74, 6) is 0.974. The van der Waals surface area contributed by atoms with Gasteiger partial charge in [-0.2, -0.15) is 0 Å². The van der Waals surface area contributed by atoms with Gasteiger partial charge in [0, 0.05) is 18.0 Å². The van der Waals surface area contributed by atoms with Gasteiger partial charge in [-0.05, 0) is 49.9 Å². The first-order chi connectivity index (χ1) is 11.5. The number of morpholine rings is 1. The number of nitrogens with zero attached hydrogens (tertiary/aromatic N) is 1. The third kappa shape index (κ3) is 3.15. The van der Waals surface area contributed by atoms with Crippen molar-refractivity contribution >= 4 is 5.91 Å². The number of methoxy groups -OCH3 is 1. The third-order valence-corrected chi connectivity index (χ3v) is 5.36. The highest BCUT2D eigenvalue weighted by Gasteiger charge is 2.39. The first-order valence-electron chi connectivity index (χ1n) is 8.75. The molecule has 1 aromatic carbocycles. The molecule has 2 fully saturated rings. The van der Waals surface area contributed by atoms with Gasteiger partial charge in [-0.25, -0.2) is 0 Å². The summed E-state index contributed by atoms with van der Waals surface area (Å²) in [5.41, 5.74) is 2.61. The monoisotopic (exact) mass is 333 g/mol. The number of carbonyl (C=O) groups excluding carboxylic acids is 1. The summed E-state index contributed by atoms with van der Waals surface area (Å²) in [7, 11) is 1.65. The van der Waals surface area contributed by atoms with Crippen molar-refractivity contribution in [3.63, 3.8) is 0 Å². The van der Waals surface area contributed by atoms with Crippen LogP contribution in [0.5, 0.6) is 5.75 Å². The van der Waals surface area contributed by atoms with Crippen LogP contribution >= 0.6 is 0 Å². The molecule has 1 aliphatic carbocycles. The quantitative estimate of drug-likeness (QED) is 0.922. The number of amides is 1. The number of carbonyl (C=O) groups is 1. The van der Waals surface area contributed by atoms with Crippen LogP contribution in [-0.2, 0) is 4.74 Å². The molecule has 5 nitrogen and oxygen atoms in total. The maximum atomic E-state index is 13.1. The van der Waals surface area contributed by atoms with Crippen molar-refractivity contribution in [2.24, 2.45) is 5.92 Å². The predicted octanol–water partition coefficient (Wildman–Crippen LogP) is 2.31. The molecule has 1 saturated heterocycles. The Morgan fingerprint density at radius 1 is 1.29 bits per heavy atom. The smallest absolute Gasteiger partial charge is 0.254 e. The largest absolute Gasteiger partial charge is 0.496 e. The number of rotatable bonds is 3. The van der Waals surface area contributed by atoms with Gasteiger partial charge in [-0.3, -0.25) is 4.79 Å². The second kappa shape index (κ2) is 7.11. The zero-order valence-electron chi connectivity index (χ0n) is 14.7. The molecule has 0 spiro atoms. The van der Waals surface area contributed by atoms with E-state index >= 15 is 0 Å². The lowest BCUT2D eigenvalue weighted by atomic mass is 9.93. The van der Waals surface area contributed by atoms with Crippen LogP contribution in [-0.4, -0.2) is 54.9 Å². The van der Waals surface area contributed by atoms with E-state index < -0.39 is 0 Å². The highest BCUT2D eigenvalue weighted by molar-refractivity contribution is 5.95. The lowest BCUT2D eigenvalue weighted by molar-refractivity contribution is -0.0383. The van der Waals surface area contributed by atoms with Gasteiger partial charge in [0.25, 0.3) is 5.91 Å². The molecule has 1 aromatic rings. The number of hydrogen-bond acceptors (Lipinski definition) is 4. The molecule has 1 amide bonds. The van der Waals surface area contributed by atoms with E-state index in [1.807, 2.05) is 30.9 Å². The van der Waals surface area contributed by atoms with Crippen molar-refractivity contribution in [1.82, 2.24) is 4.90 Å². The van der Waals surface area contributed by atoms with E-state index in [0.717, 1.165) is 36.1 Å². The van der Waals surface area contributed by atoms with Crippen LogP contribution in [0, 0.1) is 19.8 Å². The van der Waals surface area contributed by atoms with E-state index in [0.29, 0.717) is 25.3 Å². The molecular formula is C19H27NO4. The molecule has 2 aliphatic rings. The van der Waals surface area contributed by atoms with Crippen LogP contribution in [0.15, 0.2) is 12.1 Å². The number of hydrogen-bond donors (Lipinski definition) is 1. The van der Waals surface area contributed by atoms with Crippen molar-refractivity contribution in [2.45, 2.75) is 45.3 Å². The van der Waals surface area contributed by atoms with Gasteiger partial charge >= 0.3 is 0 Å². The van der Waals surface area contributed by atoms with Gasteiger partial charge in [-0.1, -0.05) is 6.42 Å². The van der Waals surface area contributed by atoms with E-state index in [9.17, 15) is 9.90 Å². The van der Waals surface area contributed by atoms with E-state index in [4.69, 9.17) is 9.47 Å². The molecule has 1 aliphatic heterocycles. The maximum Gasteiger partial charge on any atom is 0.254 e. The Labute approximate surface area is 143 Å². The lowest BCUT2D eigenvalue weighted by Gasteiger charge is -2.40. The Morgan fingerprint density at radius 3 is 2.58 bits per heavy atom. The minimum Gasteiger partial charge on any atom is -0.496 e. The Hall–Kier alpha value is -1.59. The molecule has 5 heteroatoms. The zero-order chi connectivity index (χ0) is 17.3. The average Bonchev–Trinajstić information content (AvgIpc) is 2.99. The number of aryl methyl sites for hydroxylation is 2. The highest BCUT2D eigenvalue weighted by Crippen LogP contribution is 2.33. The van der Waals surface area contributed by atoms with Gasteiger partial charge in [0.1, 0.15) is 5.75 Å². The Kier molecular flexibility index (Phi) is 5.11. The summed E-state index contributed by atoms with van der Waals surface area (Å²) in [5, 5.41) is 10.3. The Bertz CT molecular complexity index is 592. The molecule has 3 atom stereocenters. The van der Waals surface area contributed by atoms with E-state index in [-0.39, 0.29) is 24.0 Å². The topological polar surface area (TPSA) is 59.0 Å². The highest BCUT2D eigenvalue weighted by atomic mass is 16.5. The zero-order valence-corrected chi connectivity index (χ0v) is 14.7. The van der Waals surface area contributed by atoms with Crippen molar-refractivity contribution in [2.75, 3.05) is 26.9 Å². The van der Waals surface area contributed by atoms with E-state index in [1.54, 1.807) is 7.11 Å². The van der Waals surface area contributed by atoms with Gasteiger partial charge in [-0.15, -0.1) is 0 Å². The molecule has 0 aromatic heterocycles. The molecule has 0 radical (unpaired) electrons. The fourth-order valence-electron chi connectivity index (χ4n) is 4.21. The summed E-state index contributed by atoms with van der Waals surface area (Å²) in [6.07, 6.45) is 2.47.